The first-order valence-corrected chi connectivity index (χ1v) is 5.97. The number of carbonyl (C=O) groups is 1. The van der Waals surface area contributed by atoms with Gasteiger partial charge < -0.3 is 10.0 Å². The Morgan fingerprint density at radius 2 is 2.12 bits per heavy atom. The molecule has 0 aromatic carbocycles. The van der Waals surface area contributed by atoms with Gasteiger partial charge in [-0.25, -0.2) is 4.98 Å². The highest BCUT2D eigenvalue weighted by Crippen LogP contribution is 2.29. The van der Waals surface area contributed by atoms with E-state index in [1.807, 2.05) is 4.90 Å². The second kappa shape index (κ2) is 3.69. The van der Waals surface area contributed by atoms with E-state index in [-0.39, 0.29) is 11.3 Å². The van der Waals surface area contributed by atoms with Gasteiger partial charge in [-0.1, -0.05) is 20.8 Å². The molecule has 2 rings (SSSR count). The minimum atomic E-state index is -0.725. The topological polar surface area (TPSA) is 66.3 Å². The summed E-state index contributed by atoms with van der Waals surface area (Å²) in [5.41, 5.74) is -0.0498. The third-order valence-corrected chi connectivity index (χ3v) is 3.36. The minimum Gasteiger partial charge on any atom is -0.481 e. The summed E-state index contributed by atoms with van der Waals surface area (Å²) in [6.45, 7) is 7.29. The first-order valence-electron chi connectivity index (χ1n) is 5.20. The van der Waals surface area contributed by atoms with Crippen molar-refractivity contribution in [1.82, 2.24) is 9.36 Å². The lowest BCUT2D eigenvalue weighted by Crippen LogP contribution is -2.50. The molecule has 0 spiro atoms. The van der Waals surface area contributed by atoms with E-state index in [1.165, 1.54) is 11.5 Å². The molecule has 1 fully saturated rings. The van der Waals surface area contributed by atoms with E-state index in [1.54, 1.807) is 0 Å². The van der Waals surface area contributed by atoms with E-state index in [0.717, 1.165) is 11.0 Å². The van der Waals surface area contributed by atoms with Crippen molar-refractivity contribution in [3.05, 3.63) is 5.82 Å². The fourth-order valence-electron chi connectivity index (χ4n) is 1.44. The van der Waals surface area contributed by atoms with Crippen LogP contribution in [0.1, 0.15) is 26.6 Å². The number of aliphatic carboxylic acids is 1. The van der Waals surface area contributed by atoms with Crippen LogP contribution in [0.4, 0.5) is 5.13 Å². The standard InChI is InChI=1S/C10H15N3O2S/c1-10(2,3)8-11-9(16-12-8)13-4-6(5-13)7(14)15/h6H,4-5H2,1-3H3,(H,14,15). The molecule has 0 unspecified atom stereocenters. The fourth-order valence-corrected chi connectivity index (χ4v) is 2.31. The van der Waals surface area contributed by atoms with E-state index in [9.17, 15) is 4.79 Å². The van der Waals surface area contributed by atoms with Gasteiger partial charge in [0.15, 0.2) is 0 Å². The third kappa shape index (κ3) is 2.02. The molecule has 6 heteroatoms. The van der Waals surface area contributed by atoms with Crippen molar-refractivity contribution in [2.75, 3.05) is 18.0 Å². The summed E-state index contributed by atoms with van der Waals surface area (Å²) in [5, 5.41) is 9.61. The average molecular weight is 241 g/mol. The normalized spacial score (nSPS) is 17.3. The summed E-state index contributed by atoms with van der Waals surface area (Å²) in [6, 6.07) is 0. The van der Waals surface area contributed by atoms with Crippen LogP contribution in [0.5, 0.6) is 0 Å². The quantitative estimate of drug-likeness (QED) is 0.846. The van der Waals surface area contributed by atoms with Crippen LogP contribution in [-0.2, 0) is 10.2 Å². The first-order chi connectivity index (χ1) is 7.38. The van der Waals surface area contributed by atoms with Gasteiger partial charge in [0, 0.05) is 30.0 Å². The van der Waals surface area contributed by atoms with E-state index >= 15 is 0 Å². The summed E-state index contributed by atoms with van der Waals surface area (Å²) in [7, 11) is 0. The molecule has 5 nitrogen and oxygen atoms in total. The van der Waals surface area contributed by atoms with Gasteiger partial charge in [0.05, 0.1) is 5.92 Å². The Morgan fingerprint density at radius 1 is 1.50 bits per heavy atom. The molecule has 0 aliphatic carbocycles. The Morgan fingerprint density at radius 3 is 2.56 bits per heavy atom. The highest BCUT2D eigenvalue weighted by Gasteiger charge is 2.35. The Hall–Kier alpha value is -1.17. The predicted octanol–water partition coefficient (Wildman–Crippen LogP) is 1.36. The summed E-state index contributed by atoms with van der Waals surface area (Å²) in [4.78, 5) is 17.1. The number of anilines is 1. The molecule has 0 radical (unpaired) electrons. The average Bonchev–Trinajstić information content (AvgIpc) is 2.47. The van der Waals surface area contributed by atoms with E-state index in [2.05, 4.69) is 30.1 Å². The van der Waals surface area contributed by atoms with Crippen LogP contribution in [0.25, 0.3) is 0 Å². The Balaban J connectivity index is 2.03. The van der Waals surface area contributed by atoms with Gasteiger partial charge in [0.2, 0.25) is 5.13 Å². The van der Waals surface area contributed by atoms with Crippen molar-refractivity contribution in [3.63, 3.8) is 0 Å². The van der Waals surface area contributed by atoms with Gasteiger partial charge in [-0.2, -0.15) is 4.37 Å². The Bertz CT molecular complexity index is 404. The van der Waals surface area contributed by atoms with E-state index < -0.39 is 5.97 Å². The number of hydrogen-bond donors (Lipinski definition) is 1. The first kappa shape index (κ1) is 11.3. The van der Waals surface area contributed by atoms with E-state index in [0.29, 0.717) is 13.1 Å². The van der Waals surface area contributed by atoms with Crippen LogP contribution in [0.2, 0.25) is 0 Å². The summed E-state index contributed by atoms with van der Waals surface area (Å²) >= 11 is 1.35. The monoisotopic (exact) mass is 241 g/mol. The molecule has 1 saturated heterocycles. The summed E-state index contributed by atoms with van der Waals surface area (Å²) in [5.74, 6) is -0.148. The zero-order valence-electron chi connectivity index (χ0n) is 9.60. The molecule has 0 saturated carbocycles. The molecule has 2 heterocycles. The predicted molar refractivity (Wildman–Crippen MR) is 61.9 cm³/mol. The molecule has 1 N–H and O–H groups in total. The van der Waals surface area contributed by atoms with Crippen molar-refractivity contribution in [1.29, 1.82) is 0 Å². The SMILES string of the molecule is CC(C)(C)c1nsc(N2CC(C(=O)O)C2)n1. The molecule has 0 atom stereocenters. The second-order valence-electron chi connectivity index (χ2n) is 5.09. The lowest BCUT2D eigenvalue weighted by Gasteiger charge is -2.35. The van der Waals surface area contributed by atoms with Crippen LogP contribution in [0.3, 0.4) is 0 Å². The maximum absolute atomic E-state index is 10.7. The van der Waals surface area contributed by atoms with Gasteiger partial charge in [0.25, 0.3) is 0 Å². The molecule has 1 aromatic rings. The number of rotatable bonds is 2. The second-order valence-corrected chi connectivity index (χ2v) is 5.82. The molecule has 1 aliphatic rings. The Labute approximate surface area is 98.3 Å². The molecule has 16 heavy (non-hydrogen) atoms. The van der Waals surface area contributed by atoms with Gasteiger partial charge in [0.1, 0.15) is 5.82 Å². The van der Waals surface area contributed by atoms with Crippen molar-refractivity contribution < 1.29 is 9.90 Å². The molecular formula is C10H15N3O2S. The van der Waals surface area contributed by atoms with Crippen LogP contribution in [0, 0.1) is 5.92 Å². The highest BCUT2D eigenvalue weighted by atomic mass is 32.1. The van der Waals surface area contributed by atoms with Crippen molar-refractivity contribution in [2.24, 2.45) is 5.92 Å². The minimum absolute atomic E-state index is 0.0498. The number of nitrogens with zero attached hydrogens (tertiary/aromatic N) is 3. The van der Waals surface area contributed by atoms with Gasteiger partial charge in [-0.3, -0.25) is 4.79 Å². The lowest BCUT2D eigenvalue weighted by molar-refractivity contribution is -0.142. The fraction of sp³-hybridized carbons (Fsp3) is 0.700. The van der Waals surface area contributed by atoms with Crippen molar-refractivity contribution in [2.45, 2.75) is 26.2 Å². The van der Waals surface area contributed by atoms with Gasteiger partial charge in [-0.15, -0.1) is 0 Å². The third-order valence-electron chi connectivity index (χ3n) is 2.59. The highest BCUT2D eigenvalue weighted by molar-refractivity contribution is 7.09. The summed E-state index contributed by atoms with van der Waals surface area (Å²) in [6.07, 6.45) is 0. The summed E-state index contributed by atoms with van der Waals surface area (Å²) < 4.78 is 4.30. The zero-order valence-corrected chi connectivity index (χ0v) is 10.4. The maximum atomic E-state index is 10.7. The van der Waals surface area contributed by atoms with Crippen LogP contribution in [0.15, 0.2) is 0 Å². The van der Waals surface area contributed by atoms with Crippen molar-refractivity contribution >= 4 is 22.6 Å². The maximum Gasteiger partial charge on any atom is 0.310 e. The molecule has 0 bridgehead atoms. The molecule has 0 amide bonds. The number of carboxylic acid groups (broad SMARTS) is 1. The van der Waals surface area contributed by atoms with Crippen LogP contribution in [-0.4, -0.2) is 33.5 Å². The smallest absolute Gasteiger partial charge is 0.310 e. The number of aromatic nitrogens is 2. The van der Waals surface area contributed by atoms with Gasteiger partial charge in [-0.05, 0) is 0 Å². The lowest BCUT2D eigenvalue weighted by atomic mass is 9.96. The van der Waals surface area contributed by atoms with Crippen molar-refractivity contribution in [3.8, 4) is 0 Å². The molecule has 88 valence electrons. The molecule has 1 aliphatic heterocycles. The van der Waals surface area contributed by atoms with Gasteiger partial charge >= 0.3 is 5.97 Å². The molecular weight excluding hydrogens is 226 g/mol. The Kier molecular flexibility index (Phi) is 2.61. The zero-order chi connectivity index (χ0) is 11.9. The largest absolute Gasteiger partial charge is 0.481 e. The molecule has 1 aromatic heterocycles. The van der Waals surface area contributed by atoms with Crippen LogP contribution >= 0.6 is 11.5 Å². The number of carboxylic acids is 1. The number of hydrogen-bond acceptors (Lipinski definition) is 5. The van der Waals surface area contributed by atoms with E-state index in [4.69, 9.17) is 5.11 Å². The van der Waals surface area contributed by atoms with Crippen LogP contribution < -0.4 is 4.90 Å².